The van der Waals surface area contributed by atoms with Crippen LogP contribution in [0, 0.1) is 11.3 Å². The summed E-state index contributed by atoms with van der Waals surface area (Å²) in [7, 11) is 0. The van der Waals surface area contributed by atoms with Gasteiger partial charge < -0.3 is 15.0 Å². The number of nitriles is 1. The molecule has 0 radical (unpaired) electrons. The van der Waals surface area contributed by atoms with E-state index in [1.54, 1.807) is 4.90 Å². The number of rotatable bonds is 1. The van der Waals surface area contributed by atoms with Gasteiger partial charge in [-0.1, -0.05) is 0 Å². The number of carbonyl (C=O) groups is 1. The second-order valence-corrected chi connectivity index (χ2v) is 3.43. The second kappa shape index (κ2) is 5.23. The molecular formula is C10H11N5O2. The Hall–Kier alpha value is -2.20. The Kier molecular flexibility index (Phi) is 3.47. The van der Waals surface area contributed by atoms with Crippen molar-refractivity contribution in [3.8, 4) is 11.9 Å². The normalized spacial score (nSPS) is 15.1. The van der Waals surface area contributed by atoms with Gasteiger partial charge in [0.2, 0.25) is 5.69 Å². The first-order valence-electron chi connectivity index (χ1n) is 5.20. The molecule has 0 bridgehead atoms. The van der Waals surface area contributed by atoms with Crippen molar-refractivity contribution in [2.45, 2.75) is 0 Å². The zero-order valence-electron chi connectivity index (χ0n) is 9.09. The fraction of sp³-hybridized carbons (Fsp3) is 0.400. The van der Waals surface area contributed by atoms with Gasteiger partial charge >= 0.3 is 6.09 Å². The number of nitrogens with zero attached hydrogens (tertiary/aromatic N) is 4. The average molecular weight is 233 g/mol. The van der Waals surface area contributed by atoms with E-state index in [9.17, 15) is 4.79 Å². The molecule has 0 unspecified atom stereocenters. The molecule has 7 nitrogen and oxygen atoms in total. The molecule has 1 amide bonds. The predicted octanol–water partition coefficient (Wildman–Crippen LogP) is -0.248. The zero-order valence-corrected chi connectivity index (χ0v) is 9.09. The Bertz CT molecular complexity index is 450. The van der Waals surface area contributed by atoms with Gasteiger partial charge in [-0.2, -0.15) is 5.26 Å². The second-order valence-electron chi connectivity index (χ2n) is 3.43. The first kappa shape index (κ1) is 11.3. The Morgan fingerprint density at radius 1 is 1.41 bits per heavy atom. The summed E-state index contributed by atoms with van der Waals surface area (Å²) >= 11 is 0. The molecule has 1 fully saturated rings. The standard InChI is InChI=1S/C10H11N5O2/c11-7-8-9(14-2-1-13-8)17-10(16)15-5-3-12-4-6-15/h1-2,12H,3-6H2. The monoisotopic (exact) mass is 233 g/mol. The lowest BCUT2D eigenvalue weighted by molar-refractivity contribution is 0.144. The van der Waals surface area contributed by atoms with Crippen LogP contribution in [0.5, 0.6) is 5.88 Å². The molecule has 1 N–H and O–H groups in total. The topological polar surface area (TPSA) is 91.1 Å². The quantitative estimate of drug-likeness (QED) is 0.719. The summed E-state index contributed by atoms with van der Waals surface area (Å²) in [5, 5.41) is 11.9. The van der Waals surface area contributed by atoms with Crippen LogP contribution in [-0.4, -0.2) is 47.1 Å². The summed E-state index contributed by atoms with van der Waals surface area (Å²) in [6, 6.07) is 1.82. The van der Waals surface area contributed by atoms with Crippen LogP contribution in [0.15, 0.2) is 12.4 Å². The number of ether oxygens (including phenoxy) is 1. The van der Waals surface area contributed by atoms with Gasteiger partial charge in [0.15, 0.2) is 0 Å². The molecule has 2 heterocycles. The van der Waals surface area contributed by atoms with E-state index in [2.05, 4.69) is 15.3 Å². The molecule has 2 rings (SSSR count). The van der Waals surface area contributed by atoms with Gasteiger partial charge in [-0.05, 0) is 0 Å². The van der Waals surface area contributed by atoms with Gasteiger partial charge in [0, 0.05) is 38.6 Å². The van der Waals surface area contributed by atoms with E-state index < -0.39 is 6.09 Å². The molecule has 17 heavy (non-hydrogen) atoms. The summed E-state index contributed by atoms with van der Waals surface area (Å²) in [6.45, 7) is 2.64. The molecular weight excluding hydrogens is 222 g/mol. The summed E-state index contributed by atoms with van der Waals surface area (Å²) in [4.78, 5) is 20.9. The minimum atomic E-state index is -0.497. The number of piperazine rings is 1. The Morgan fingerprint density at radius 2 is 2.12 bits per heavy atom. The Balaban J connectivity index is 2.05. The van der Waals surface area contributed by atoms with Crippen LogP contribution in [0.25, 0.3) is 0 Å². The molecule has 1 aliphatic heterocycles. The van der Waals surface area contributed by atoms with E-state index in [0.717, 1.165) is 13.1 Å². The fourth-order valence-electron chi connectivity index (χ4n) is 1.47. The highest BCUT2D eigenvalue weighted by molar-refractivity contribution is 5.70. The molecule has 1 aromatic rings. The van der Waals surface area contributed by atoms with Crippen LogP contribution in [0.2, 0.25) is 0 Å². The maximum atomic E-state index is 11.7. The van der Waals surface area contributed by atoms with Crippen molar-refractivity contribution in [1.29, 1.82) is 5.26 Å². The Morgan fingerprint density at radius 3 is 2.82 bits per heavy atom. The summed E-state index contributed by atoms with van der Waals surface area (Å²) in [5.41, 5.74) is 0.0102. The van der Waals surface area contributed by atoms with E-state index >= 15 is 0 Å². The van der Waals surface area contributed by atoms with Crippen LogP contribution in [0.1, 0.15) is 5.69 Å². The highest BCUT2D eigenvalue weighted by Gasteiger charge is 2.20. The molecule has 0 aliphatic carbocycles. The van der Waals surface area contributed by atoms with E-state index in [4.69, 9.17) is 10.00 Å². The van der Waals surface area contributed by atoms with Crippen molar-refractivity contribution < 1.29 is 9.53 Å². The van der Waals surface area contributed by atoms with Gasteiger partial charge in [-0.15, -0.1) is 0 Å². The lowest BCUT2D eigenvalue weighted by Crippen LogP contribution is -2.47. The van der Waals surface area contributed by atoms with Gasteiger partial charge in [-0.25, -0.2) is 14.8 Å². The molecule has 1 saturated heterocycles. The van der Waals surface area contributed by atoms with Crippen LogP contribution in [-0.2, 0) is 0 Å². The first-order valence-corrected chi connectivity index (χ1v) is 5.20. The minimum absolute atomic E-state index is 0.0102. The fourth-order valence-corrected chi connectivity index (χ4v) is 1.47. The van der Waals surface area contributed by atoms with Crippen LogP contribution in [0.3, 0.4) is 0 Å². The third-order valence-corrected chi connectivity index (χ3v) is 2.33. The maximum absolute atomic E-state index is 11.7. The molecule has 7 heteroatoms. The van der Waals surface area contributed by atoms with Crippen molar-refractivity contribution in [1.82, 2.24) is 20.2 Å². The van der Waals surface area contributed by atoms with Crippen molar-refractivity contribution in [2.24, 2.45) is 0 Å². The number of hydrogen-bond acceptors (Lipinski definition) is 6. The smallest absolute Gasteiger partial charge is 0.388 e. The molecule has 0 atom stereocenters. The van der Waals surface area contributed by atoms with E-state index in [1.165, 1.54) is 12.4 Å². The summed E-state index contributed by atoms with van der Waals surface area (Å²) in [5.74, 6) is -0.0430. The van der Waals surface area contributed by atoms with Crippen molar-refractivity contribution in [2.75, 3.05) is 26.2 Å². The molecule has 0 aromatic carbocycles. The molecule has 0 spiro atoms. The number of amides is 1. The average Bonchev–Trinajstić information content (AvgIpc) is 2.40. The van der Waals surface area contributed by atoms with Crippen LogP contribution in [0.4, 0.5) is 4.79 Å². The van der Waals surface area contributed by atoms with Gasteiger partial charge in [-0.3, -0.25) is 0 Å². The van der Waals surface area contributed by atoms with Gasteiger partial charge in [0.1, 0.15) is 6.07 Å². The highest BCUT2D eigenvalue weighted by Crippen LogP contribution is 2.11. The number of carbonyl (C=O) groups excluding carboxylic acids is 1. The van der Waals surface area contributed by atoms with E-state index in [-0.39, 0.29) is 11.6 Å². The lowest BCUT2D eigenvalue weighted by atomic mass is 10.4. The Labute approximate surface area is 98.0 Å². The van der Waals surface area contributed by atoms with Gasteiger partial charge in [0.05, 0.1) is 0 Å². The largest absolute Gasteiger partial charge is 0.416 e. The third kappa shape index (κ3) is 2.68. The SMILES string of the molecule is N#Cc1nccnc1OC(=O)N1CCNCC1. The van der Waals surface area contributed by atoms with Crippen molar-refractivity contribution in [3.63, 3.8) is 0 Å². The number of hydrogen-bond donors (Lipinski definition) is 1. The zero-order chi connectivity index (χ0) is 12.1. The number of aromatic nitrogens is 2. The minimum Gasteiger partial charge on any atom is -0.388 e. The summed E-state index contributed by atoms with van der Waals surface area (Å²) in [6.07, 6.45) is 2.26. The molecule has 0 saturated carbocycles. The predicted molar refractivity (Wildman–Crippen MR) is 57.2 cm³/mol. The first-order chi connectivity index (χ1) is 8.31. The van der Waals surface area contributed by atoms with Crippen LogP contribution < -0.4 is 10.1 Å². The van der Waals surface area contributed by atoms with E-state index in [0.29, 0.717) is 13.1 Å². The maximum Gasteiger partial charge on any atom is 0.416 e. The molecule has 88 valence electrons. The van der Waals surface area contributed by atoms with E-state index in [1.807, 2.05) is 6.07 Å². The van der Waals surface area contributed by atoms with Gasteiger partial charge in [0.25, 0.3) is 5.88 Å². The summed E-state index contributed by atoms with van der Waals surface area (Å²) < 4.78 is 5.04. The highest BCUT2D eigenvalue weighted by atomic mass is 16.6. The molecule has 1 aromatic heterocycles. The molecule has 1 aliphatic rings. The van der Waals surface area contributed by atoms with Crippen molar-refractivity contribution >= 4 is 6.09 Å². The third-order valence-electron chi connectivity index (χ3n) is 2.33. The number of nitrogens with one attached hydrogen (secondary N) is 1. The van der Waals surface area contributed by atoms with Crippen molar-refractivity contribution in [3.05, 3.63) is 18.1 Å². The lowest BCUT2D eigenvalue weighted by Gasteiger charge is -2.26. The van der Waals surface area contributed by atoms with Crippen LogP contribution >= 0.6 is 0 Å².